The third-order valence-corrected chi connectivity index (χ3v) is 10.5. The van der Waals surface area contributed by atoms with Gasteiger partial charge in [-0.1, -0.05) is 72.3 Å². The van der Waals surface area contributed by atoms with E-state index in [0.29, 0.717) is 34.3 Å². The number of benzene rings is 2. The largest absolute Gasteiger partial charge is 0.497 e. The Balaban J connectivity index is 1.48. The molecule has 0 unspecified atom stereocenters. The fourth-order valence-corrected chi connectivity index (χ4v) is 8.31. The van der Waals surface area contributed by atoms with Gasteiger partial charge in [0, 0.05) is 23.1 Å². The van der Waals surface area contributed by atoms with Crippen LogP contribution in [0, 0.1) is 17.8 Å². The number of aliphatic hydroxyl groups excluding tert-OH is 1. The molecule has 4 aliphatic rings. The standard InChI is InChI=1S/C37H42BrN3O8/c1-22(2)18-25(21-42)41-33-35(45)40(24-13-15-26(47-3)16-14-24)17-9-5-8-12-29(43)39-20-28(23-10-6-4-7-11-23)48-36(46)30-31(34(41)44)37(33)19-27(38)32(30)49-37/h4-7,9-11,13-16,19,22,25,28,30-33,42H,8,12,17-18,20-21H2,1-3H3,(H,39,43)/b9-5-/t25-,28-,30-,31+,32-,33-,37+/m1/s1. The molecule has 0 saturated carbocycles. The smallest absolute Gasteiger partial charge is 0.313 e. The number of fused-ring (bicyclic) bond motifs is 2. The molecule has 6 rings (SSSR count). The van der Waals surface area contributed by atoms with E-state index in [0.717, 1.165) is 0 Å². The number of rotatable bonds is 7. The summed E-state index contributed by atoms with van der Waals surface area (Å²) in [4.78, 5) is 60.0. The predicted octanol–water partition coefficient (Wildman–Crippen LogP) is 4.06. The molecule has 4 heterocycles. The number of likely N-dealkylation sites (tertiary alicyclic amines) is 1. The average molecular weight is 737 g/mol. The second-order valence-corrected chi connectivity index (χ2v) is 14.3. The van der Waals surface area contributed by atoms with Crippen molar-refractivity contribution in [2.24, 2.45) is 17.8 Å². The summed E-state index contributed by atoms with van der Waals surface area (Å²) in [6, 6.07) is 14.2. The molecule has 1 spiro atoms. The highest BCUT2D eigenvalue weighted by Gasteiger charge is 2.75. The Labute approximate surface area is 294 Å². The first kappa shape index (κ1) is 34.8. The van der Waals surface area contributed by atoms with E-state index in [1.54, 1.807) is 42.4 Å². The zero-order chi connectivity index (χ0) is 34.9. The number of cyclic esters (lactones) is 1. The zero-order valence-electron chi connectivity index (χ0n) is 27.8. The number of amides is 3. The van der Waals surface area contributed by atoms with Crippen LogP contribution in [0.3, 0.4) is 0 Å². The maximum atomic E-state index is 15.1. The number of nitrogens with one attached hydrogen (secondary N) is 1. The molecule has 5 bridgehead atoms. The van der Waals surface area contributed by atoms with Crippen molar-refractivity contribution in [2.45, 2.75) is 63.0 Å². The first-order valence-corrected chi connectivity index (χ1v) is 17.5. The number of nitrogens with zero attached hydrogens (tertiary/aromatic N) is 2. The highest BCUT2D eigenvalue weighted by molar-refractivity contribution is 9.11. The van der Waals surface area contributed by atoms with Crippen molar-refractivity contribution in [1.82, 2.24) is 10.2 Å². The molecule has 7 atom stereocenters. The Hall–Kier alpha value is -4.00. The molecule has 2 saturated heterocycles. The van der Waals surface area contributed by atoms with Crippen molar-refractivity contribution in [3.8, 4) is 5.75 Å². The Morgan fingerprint density at radius 3 is 2.45 bits per heavy atom. The molecule has 3 amide bonds. The average Bonchev–Trinajstić information content (AvgIpc) is 3.70. The van der Waals surface area contributed by atoms with Gasteiger partial charge in [0.1, 0.15) is 35.5 Å². The second-order valence-electron chi connectivity index (χ2n) is 13.3. The molecule has 0 radical (unpaired) electrons. The van der Waals surface area contributed by atoms with Crippen LogP contribution >= 0.6 is 15.9 Å². The van der Waals surface area contributed by atoms with E-state index < -0.39 is 59.5 Å². The lowest BCUT2D eigenvalue weighted by Gasteiger charge is -2.39. The molecule has 12 heteroatoms. The van der Waals surface area contributed by atoms with Crippen molar-refractivity contribution in [3.63, 3.8) is 0 Å². The minimum Gasteiger partial charge on any atom is -0.497 e. The van der Waals surface area contributed by atoms with E-state index in [4.69, 9.17) is 14.2 Å². The molecular weight excluding hydrogens is 694 g/mol. The fraction of sp³-hybridized carbons (Fsp3) is 0.459. The number of anilines is 1. The first-order chi connectivity index (χ1) is 23.6. The van der Waals surface area contributed by atoms with E-state index in [9.17, 15) is 19.5 Å². The van der Waals surface area contributed by atoms with Gasteiger partial charge < -0.3 is 34.4 Å². The zero-order valence-corrected chi connectivity index (χ0v) is 29.4. The quantitative estimate of drug-likeness (QED) is 0.322. The first-order valence-electron chi connectivity index (χ1n) is 16.7. The number of halogens is 1. The maximum Gasteiger partial charge on any atom is 0.313 e. The third-order valence-electron chi connectivity index (χ3n) is 9.77. The lowest BCUT2D eigenvalue weighted by molar-refractivity contribution is -0.160. The highest BCUT2D eigenvalue weighted by atomic mass is 79.9. The van der Waals surface area contributed by atoms with E-state index in [1.807, 2.05) is 56.3 Å². The SMILES string of the molecule is COc1ccc(N2C/C=C\CCC(=O)NC[C@H](c3ccccc3)OC(=O)[C@H]3[C@@H]4O[C@@]5(C=C4Br)[C@@H]3C(=O)N([C@@H](CO)CC(C)C)[C@@H]5C2=O)cc1. The Morgan fingerprint density at radius 1 is 1.04 bits per heavy atom. The summed E-state index contributed by atoms with van der Waals surface area (Å²) in [6.45, 7) is 3.77. The van der Waals surface area contributed by atoms with Crippen LogP contribution in [0.2, 0.25) is 0 Å². The van der Waals surface area contributed by atoms with Crippen LogP contribution < -0.4 is 15.0 Å². The van der Waals surface area contributed by atoms with Crippen LogP contribution in [-0.4, -0.2) is 84.3 Å². The summed E-state index contributed by atoms with van der Waals surface area (Å²) >= 11 is 3.60. The lowest BCUT2D eigenvalue weighted by Crippen LogP contribution is -2.59. The fourth-order valence-electron chi connectivity index (χ4n) is 7.57. The van der Waals surface area contributed by atoms with Gasteiger partial charge in [0.15, 0.2) is 0 Å². The molecule has 2 aromatic carbocycles. The molecule has 0 aromatic heterocycles. The number of ether oxygens (including phenoxy) is 3. The Morgan fingerprint density at radius 2 is 1.78 bits per heavy atom. The number of esters is 1. The van der Waals surface area contributed by atoms with E-state index in [-0.39, 0.29) is 37.9 Å². The molecule has 49 heavy (non-hydrogen) atoms. The second kappa shape index (κ2) is 14.5. The van der Waals surface area contributed by atoms with Gasteiger partial charge in [-0.25, -0.2) is 0 Å². The van der Waals surface area contributed by atoms with Crippen LogP contribution in [0.1, 0.15) is 44.8 Å². The van der Waals surface area contributed by atoms with Gasteiger partial charge in [-0.2, -0.15) is 0 Å². The monoisotopic (exact) mass is 735 g/mol. The van der Waals surface area contributed by atoms with Crippen LogP contribution in [0.15, 0.2) is 77.3 Å². The molecule has 11 nitrogen and oxygen atoms in total. The Bertz CT molecular complexity index is 1630. The molecule has 2 fully saturated rings. The molecule has 0 aliphatic carbocycles. The molecule has 4 aliphatic heterocycles. The summed E-state index contributed by atoms with van der Waals surface area (Å²) < 4.78 is 18.7. The van der Waals surface area contributed by atoms with Crippen LogP contribution in [0.5, 0.6) is 5.75 Å². The minimum atomic E-state index is -1.51. The van der Waals surface area contributed by atoms with Crippen molar-refractivity contribution in [2.75, 3.05) is 31.7 Å². The Kier molecular flexibility index (Phi) is 10.3. The summed E-state index contributed by atoms with van der Waals surface area (Å²) in [5.74, 6) is -3.24. The normalized spacial score (nSPS) is 30.2. The van der Waals surface area contributed by atoms with Crippen LogP contribution in [-0.2, 0) is 28.7 Å². The van der Waals surface area contributed by atoms with Gasteiger partial charge in [0.2, 0.25) is 11.8 Å². The summed E-state index contributed by atoms with van der Waals surface area (Å²) in [6.07, 6.45) is 4.76. The maximum absolute atomic E-state index is 15.1. The highest BCUT2D eigenvalue weighted by Crippen LogP contribution is 2.59. The number of carbonyl (C=O) groups excluding carboxylic acids is 4. The van der Waals surface area contributed by atoms with Gasteiger partial charge in [0.25, 0.3) is 5.91 Å². The number of hydrogen-bond donors (Lipinski definition) is 2. The molecule has 2 aromatic rings. The van der Waals surface area contributed by atoms with Gasteiger partial charge in [-0.3, -0.25) is 19.2 Å². The minimum absolute atomic E-state index is 0.0385. The lowest BCUT2D eigenvalue weighted by atomic mass is 9.74. The van der Waals surface area contributed by atoms with Gasteiger partial charge in [-0.05, 0) is 54.7 Å². The van der Waals surface area contributed by atoms with E-state index in [1.165, 1.54) is 4.90 Å². The van der Waals surface area contributed by atoms with E-state index in [2.05, 4.69) is 21.2 Å². The predicted molar refractivity (Wildman–Crippen MR) is 185 cm³/mol. The van der Waals surface area contributed by atoms with Crippen LogP contribution in [0.4, 0.5) is 5.69 Å². The topological polar surface area (TPSA) is 135 Å². The molecule has 2 N–H and O–H groups in total. The molecule has 260 valence electrons. The third kappa shape index (κ3) is 6.53. The van der Waals surface area contributed by atoms with Gasteiger partial charge in [-0.15, -0.1) is 0 Å². The number of hydrogen-bond acceptors (Lipinski definition) is 8. The summed E-state index contributed by atoms with van der Waals surface area (Å²) in [7, 11) is 1.56. The molecular formula is C37H42BrN3O8. The van der Waals surface area contributed by atoms with Gasteiger partial charge >= 0.3 is 5.97 Å². The number of allylic oxidation sites excluding steroid dienone is 1. The van der Waals surface area contributed by atoms with E-state index >= 15 is 4.79 Å². The number of carbonyl (C=O) groups is 4. The van der Waals surface area contributed by atoms with Crippen molar-refractivity contribution >= 4 is 45.3 Å². The summed E-state index contributed by atoms with van der Waals surface area (Å²) in [5.41, 5.74) is -0.271. The van der Waals surface area contributed by atoms with Crippen molar-refractivity contribution < 1.29 is 38.5 Å². The van der Waals surface area contributed by atoms with Crippen molar-refractivity contribution in [3.05, 3.63) is 82.9 Å². The number of aliphatic hydroxyl groups is 1. The number of methoxy groups -OCH3 is 1. The summed E-state index contributed by atoms with van der Waals surface area (Å²) in [5, 5.41) is 13.6. The van der Waals surface area contributed by atoms with Crippen molar-refractivity contribution in [1.29, 1.82) is 0 Å². The van der Waals surface area contributed by atoms with Gasteiger partial charge in [0.05, 0.1) is 32.2 Å². The van der Waals surface area contributed by atoms with Crippen LogP contribution in [0.25, 0.3) is 0 Å².